The Kier molecular flexibility index (Phi) is 6.67. The van der Waals surface area contributed by atoms with Crippen molar-refractivity contribution in [1.82, 2.24) is 0 Å². The van der Waals surface area contributed by atoms with Crippen LogP contribution in [0.3, 0.4) is 0 Å². The zero-order chi connectivity index (χ0) is 18.4. The highest BCUT2D eigenvalue weighted by atomic mass is 35.5. The van der Waals surface area contributed by atoms with Gasteiger partial charge in [-0.2, -0.15) is 0 Å². The van der Waals surface area contributed by atoms with Crippen LogP contribution in [0.2, 0.25) is 10.0 Å². The van der Waals surface area contributed by atoms with Gasteiger partial charge in [0, 0.05) is 10.7 Å². The Morgan fingerprint density at radius 3 is 2.40 bits per heavy atom. The van der Waals surface area contributed by atoms with Gasteiger partial charge in [-0.3, -0.25) is 4.79 Å². The van der Waals surface area contributed by atoms with Gasteiger partial charge in [0.1, 0.15) is 5.75 Å². The van der Waals surface area contributed by atoms with Crippen molar-refractivity contribution in [3.8, 4) is 5.75 Å². The zero-order valence-corrected chi connectivity index (χ0v) is 15.2. The molecular formula is C18H17Cl2NO4. The first-order valence-corrected chi connectivity index (χ1v) is 8.36. The molecular weight excluding hydrogens is 365 g/mol. The summed E-state index contributed by atoms with van der Waals surface area (Å²) in [7, 11) is 0. The van der Waals surface area contributed by atoms with E-state index in [-0.39, 0.29) is 23.1 Å². The summed E-state index contributed by atoms with van der Waals surface area (Å²) >= 11 is 11.9. The number of esters is 1. The number of nitrogens with one attached hydrogen (secondary N) is 1. The standard InChI is InChI=1S/C18H17Cl2NO4/c1-3-24-18(23)15-9-6-13(10-16(15)20)21-17(22)11(2)25-14-7-4-12(19)5-8-14/h4-11H,3H2,1-2H3,(H,21,22)/t11-/m0/s1. The second-order valence-corrected chi connectivity index (χ2v) is 5.96. The molecule has 0 unspecified atom stereocenters. The van der Waals surface area contributed by atoms with Gasteiger partial charge < -0.3 is 14.8 Å². The molecule has 0 saturated carbocycles. The molecule has 0 heterocycles. The maximum Gasteiger partial charge on any atom is 0.339 e. The van der Waals surface area contributed by atoms with Crippen molar-refractivity contribution in [2.75, 3.05) is 11.9 Å². The van der Waals surface area contributed by atoms with Crippen molar-refractivity contribution in [2.24, 2.45) is 0 Å². The SMILES string of the molecule is CCOC(=O)c1ccc(NC(=O)[C@H](C)Oc2ccc(Cl)cc2)cc1Cl. The lowest BCUT2D eigenvalue weighted by Gasteiger charge is -2.15. The molecule has 0 aliphatic carbocycles. The quantitative estimate of drug-likeness (QED) is 0.743. The van der Waals surface area contributed by atoms with Crippen LogP contribution in [0.25, 0.3) is 0 Å². The monoisotopic (exact) mass is 381 g/mol. The molecule has 5 nitrogen and oxygen atoms in total. The lowest BCUT2D eigenvalue weighted by Crippen LogP contribution is -2.30. The summed E-state index contributed by atoms with van der Waals surface area (Å²) < 4.78 is 10.5. The van der Waals surface area contributed by atoms with Gasteiger partial charge in [-0.1, -0.05) is 23.2 Å². The third-order valence-corrected chi connectivity index (χ3v) is 3.79. The van der Waals surface area contributed by atoms with Crippen LogP contribution >= 0.6 is 23.2 Å². The van der Waals surface area contributed by atoms with E-state index in [0.717, 1.165) is 0 Å². The van der Waals surface area contributed by atoms with Crippen molar-refractivity contribution < 1.29 is 19.1 Å². The molecule has 0 bridgehead atoms. The summed E-state index contributed by atoms with van der Waals surface area (Å²) in [5.41, 5.74) is 0.696. The fraction of sp³-hybridized carbons (Fsp3) is 0.222. The van der Waals surface area contributed by atoms with Gasteiger partial charge in [-0.25, -0.2) is 4.79 Å². The van der Waals surface area contributed by atoms with Crippen molar-refractivity contribution in [3.63, 3.8) is 0 Å². The molecule has 2 aromatic carbocycles. The first-order valence-electron chi connectivity index (χ1n) is 7.60. The molecule has 1 amide bonds. The normalized spacial score (nSPS) is 11.5. The Bertz CT molecular complexity index is 762. The van der Waals surface area contributed by atoms with Crippen LogP contribution in [-0.2, 0) is 9.53 Å². The molecule has 0 aliphatic heterocycles. The minimum Gasteiger partial charge on any atom is -0.481 e. The first-order chi connectivity index (χ1) is 11.9. The average Bonchev–Trinajstić information content (AvgIpc) is 2.57. The van der Waals surface area contributed by atoms with Crippen molar-refractivity contribution >= 4 is 40.8 Å². The molecule has 1 N–H and O–H groups in total. The Hall–Kier alpha value is -2.24. The second-order valence-electron chi connectivity index (χ2n) is 5.12. The van der Waals surface area contributed by atoms with Crippen LogP contribution in [-0.4, -0.2) is 24.6 Å². The lowest BCUT2D eigenvalue weighted by molar-refractivity contribution is -0.122. The highest BCUT2D eigenvalue weighted by Crippen LogP contribution is 2.22. The Balaban J connectivity index is 2.00. The summed E-state index contributed by atoms with van der Waals surface area (Å²) in [4.78, 5) is 23.9. The van der Waals surface area contributed by atoms with E-state index >= 15 is 0 Å². The topological polar surface area (TPSA) is 64.6 Å². The highest BCUT2D eigenvalue weighted by molar-refractivity contribution is 6.34. The molecule has 7 heteroatoms. The van der Waals surface area contributed by atoms with E-state index in [4.69, 9.17) is 32.7 Å². The van der Waals surface area contributed by atoms with Crippen LogP contribution in [0.15, 0.2) is 42.5 Å². The number of hydrogen-bond acceptors (Lipinski definition) is 4. The largest absolute Gasteiger partial charge is 0.481 e. The third kappa shape index (κ3) is 5.37. The van der Waals surface area contributed by atoms with Crippen molar-refractivity contribution in [1.29, 1.82) is 0 Å². The zero-order valence-electron chi connectivity index (χ0n) is 13.7. The predicted octanol–water partition coefficient (Wildman–Crippen LogP) is 4.58. The number of carbonyl (C=O) groups is 2. The molecule has 0 saturated heterocycles. The van der Waals surface area contributed by atoms with Crippen LogP contribution in [0.1, 0.15) is 24.2 Å². The number of ether oxygens (including phenoxy) is 2. The number of benzene rings is 2. The minimum absolute atomic E-state index is 0.197. The van der Waals surface area contributed by atoms with Gasteiger partial charge >= 0.3 is 5.97 Å². The molecule has 1 atom stereocenters. The number of carbonyl (C=O) groups excluding carboxylic acids is 2. The summed E-state index contributed by atoms with van der Waals surface area (Å²) in [6.07, 6.45) is -0.732. The Morgan fingerprint density at radius 2 is 1.80 bits per heavy atom. The molecule has 0 aromatic heterocycles. The molecule has 0 radical (unpaired) electrons. The number of halogens is 2. The van der Waals surface area contributed by atoms with E-state index in [0.29, 0.717) is 16.5 Å². The molecule has 2 aromatic rings. The summed E-state index contributed by atoms with van der Waals surface area (Å²) in [5.74, 6) is -0.331. The molecule has 0 spiro atoms. The van der Waals surface area contributed by atoms with Gasteiger partial charge in [0.2, 0.25) is 0 Å². The van der Waals surface area contributed by atoms with Crippen LogP contribution in [0, 0.1) is 0 Å². The Labute approximate surface area is 155 Å². The van der Waals surface area contributed by atoms with E-state index in [9.17, 15) is 9.59 Å². The highest BCUT2D eigenvalue weighted by Gasteiger charge is 2.17. The van der Waals surface area contributed by atoms with Gasteiger partial charge in [0.05, 0.1) is 17.2 Å². The van der Waals surface area contributed by atoms with Crippen LogP contribution < -0.4 is 10.1 Å². The van der Waals surface area contributed by atoms with Gasteiger partial charge in [0.15, 0.2) is 6.10 Å². The molecule has 25 heavy (non-hydrogen) atoms. The van der Waals surface area contributed by atoms with E-state index in [2.05, 4.69) is 5.32 Å². The third-order valence-electron chi connectivity index (χ3n) is 3.23. The minimum atomic E-state index is -0.732. The molecule has 0 fully saturated rings. The average molecular weight is 382 g/mol. The van der Waals surface area contributed by atoms with E-state index < -0.39 is 12.1 Å². The fourth-order valence-electron chi connectivity index (χ4n) is 1.98. The van der Waals surface area contributed by atoms with E-state index in [1.165, 1.54) is 12.1 Å². The summed E-state index contributed by atoms with van der Waals surface area (Å²) in [5, 5.41) is 3.47. The summed E-state index contributed by atoms with van der Waals surface area (Å²) in [6, 6.07) is 11.3. The second kappa shape index (κ2) is 8.74. The number of hydrogen-bond donors (Lipinski definition) is 1. The predicted molar refractivity (Wildman–Crippen MR) is 97.6 cm³/mol. The number of amides is 1. The van der Waals surface area contributed by atoms with Gasteiger partial charge in [0.25, 0.3) is 5.91 Å². The molecule has 2 rings (SSSR count). The summed E-state index contributed by atoms with van der Waals surface area (Å²) in [6.45, 7) is 3.59. The molecule has 132 valence electrons. The van der Waals surface area contributed by atoms with E-state index in [1.807, 2.05) is 0 Å². The Morgan fingerprint density at radius 1 is 1.12 bits per heavy atom. The van der Waals surface area contributed by atoms with Gasteiger partial charge in [-0.05, 0) is 56.3 Å². The smallest absolute Gasteiger partial charge is 0.339 e. The fourth-order valence-corrected chi connectivity index (χ4v) is 2.37. The van der Waals surface area contributed by atoms with Gasteiger partial charge in [-0.15, -0.1) is 0 Å². The molecule has 0 aliphatic rings. The maximum absolute atomic E-state index is 12.2. The van der Waals surface area contributed by atoms with Crippen LogP contribution in [0.4, 0.5) is 5.69 Å². The number of rotatable bonds is 6. The van der Waals surface area contributed by atoms with Crippen LogP contribution in [0.5, 0.6) is 5.75 Å². The maximum atomic E-state index is 12.2. The lowest BCUT2D eigenvalue weighted by atomic mass is 10.2. The van der Waals surface area contributed by atoms with Crippen molar-refractivity contribution in [2.45, 2.75) is 20.0 Å². The van der Waals surface area contributed by atoms with Crippen molar-refractivity contribution in [3.05, 3.63) is 58.1 Å². The van der Waals surface area contributed by atoms with E-state index in [1.54, 1.807) is 44.2 Å². The first kappa shape index (κ1) is 19.1. The number of anilines is 1.